The number of aryl methyl sites for hydroxylation is 1. The van der Waals surface area contributed by atoms with Crippen LogP contribution in [0.5, 0.6) is 0 Å². The molecule has 0 aliphatic carbocycles. The molecule has 1 amide bonds. The minimum absolute atomic E-state index is 0.120. The number of carbonyl (C=O) groups excluding carboxylic acids is 1. The molecule has 0 saturated heterocycles. The first-order valence-corrected chi connectivity index (χ1v) is 10.2. The average Bonchev–Trinajstić information content (AvgIpc) is 2.64. The summed E-state index contributed by atoms with van der Waals surface area (Å²) in [5.74, 6) is -0.271. The van der Waals surface area contributed by atoms with Crippen LogP contribution < -0.4 is 10.0 Å². The maximum Gasteiger partial charge on any atom is 0.240 e. The van der Waals surface area contributed by atoms with E-state index >= 15 is 0 Å². The second kappa shape index (κ2) is 9.12. The molecule has 0 saturated carbocycles. The average molecular weight is 391 g/mol. The predicted octanol–water partition coefficient (Wildman–Crippen LogP) is 3.26. The molecule has 0 heterocycles. The van der Waals surface area contributed by atoms with Gasteiger partial charge in [0.25, 0.3) is 0 Å². The zero-order valence-electron chi connectivity index (χ0n) is 16.0. The van der Waals surface area contributed by atoms with E-state index in [1.54, 1.807) is 33.1 Å². The summed E-state index contributed by atoms with van der Waals surface area (Å²) >= 11 is 0. The fraction of sp³-hybridized carbons (Fsp3) is 0.350. The van der Waals surface area contributed by atoms with Crippen molar-refractivity contribution in [3.8, 4) is 0 Å². The van der Waals surface area contributed by atoms with Crippen LogP contribution in [0.15, 0.2) is 53.4 Å². The third kappa shape index (κ3) is 5.63. The van der Waals surface area contributed by atoms with E-state index in [2.05, 4.69) is 10.0 Å². The number of carbonyl (C=O) groups is 1. The van der Waals surface area contributed by atoms with E-state index in [1.807, 2.05) is 31.2 Å². The summed E-state index contributed by atoms with van der Waals surface area (Å²) in [6.07, 6.45) is -0.384. The number of rotatable bonds is 8. The first-order valence-electron chi connectivity index (χ1n) is 8.73. The Kier molecular flexibility index (Phi) is 7.12. The van der Waals surface area contributed by atoms with E-state index in [0.717, 1.165) is 11.1 Å². The molecular weight excluding hydrogens is 364 g/mol. The molecule has 2 aromatic rings. The minimum atomic E-state index is -3.69. The van der Waals surface area contributed by atoms with Crippen molar-refractivity contribution in [1.29, 1.82) is 0 Å². The summed E-state index contributed by atoms with van der Waals surface area (Å²) in [6, 6.07) is 13.8. The van der Waals surface area contributed by atoms with Crippen molar-refractivity contribution in [2.24, 2.45) is 5.92 Å². The van der Waals surface area contributed by atoms with Gasteiger partial charge in [0, 0.05) is 25.3 Å². The van der Waals surface area contributed by atoms with Gasteiger partial charge in [-0.1, -0.05) is 38.1 Å². The van der Waals surface area contributed by atoms with Crippen molar-refractivity contribution in [3.05, 3.63) is 59.7 Å². The Labute approximate surface area is 161 Å². The minimum Gasteiger partial charge on any atom is -0.375 e. The third-order valence-corrected chi connectivity index (χ3v) is 5.67. The van der Waals surface area contributed by atoms with Crippen LogP contribution in [-0.4, -0.2) is 28.0 Å². The van der Waals surface area contributed by atoms with Gasteiger partial charge in [-0.3, -0.25) is 4.79 Å². The molecule has 6 nitrogen and oxygen atoms in total. The molecule has 146 valence electrons. The zero-order valence-corrected chi connectivity index (χ0v) is 16.8. The van der Waals surface area contributed by atoms with Crippen LogP contribution in [0.4, 0.5) is 5.69 Å². The molecule has 0 spiro atoms. The van der Waals surface area contributed by atoms with Crippen LogP contribution in [-0.2, 0) is 19.6 Å². The Morgan fingerprint density at radius 2 is 1.70 bits per heavy atom. The van der Waals surface area contributed by atoms with Crippen LogP contribution >= 0.6 is 0 Å². The summed E-state index contributed by atoms with van der Waals surface area (Å²) in [5.41, 5.74) is 2.53. The Balaban J connectivity index is 2.07. The zero-order chi connectivity index (χ0) is 20.0. The number of hydrogen-bond acceptors (Lipinski definition) is 4. The monoisotopic (exact) mass is 390 g/mol. The normalized spacial score (nSPS) is 12.8. The highest BCUT2D eigenvalue weighted by atomic mass is 32.2. The lowest BCUT2D eigenvalue weighted by Gasteiger charge is -2.18. The van der Waals surface area contributed by atoms with Gasteiger partial charge in [0.1, 0.15) is 0 Å². The second-order valence-corrected chi connectivity index (χ2v) is 8.37. The molecular formula is C20H26N2O4S. The molecule has 0 fully saturated rings. The van der Waals surface area contributed by atoms with E-state index in [-0.39, 0.29) is 29.4 Å². The van der Waals surface area contributed by atoms with E-state index in [4.69, 9.17) is 4.74 Å². The molecule has 7 heteroatoms. The first-order chi connectivity index (χ1) is 12.7. The van der Waals surface area contributed by atoms with Crippen LogP contribution in [0, 0.1) is 12.8 Å². The number of ether oxygens (including phenoxy) is 1. The molecule has 2 N–H and O–H groups in total. The third-order valence-electron chi connectivity index (χ3n) is 4.24. The maximum absolute atomic E-state index is 12.6. The molecule has 2 aromatic carbocycles. The molecule has 0 radical (unpaired) electrons. The maximum atomic E-state index is 12.6. The van der Waals surface area contributed by atoms with Gasteiger partial charge in [0.15, 0.2) is 0 Å². The molecule has 0 bridgehead atoms. The number of methoxy groups -OCH3 is 1. The summed E-state index contributed by atoms with van der Waals surface area (Å²) < 4.78 is 33.2. The molecule has 0 aromatic heterocycles. The molecule has 1 atom stereocenters. The Hall–Kier alpha value is -2.22. The summed E-state index contributed by atoms with van der Waals surface area (Å²) in [7, 11) is -2.14. The standard InChI is InChI=1S/C20H26N2O4S/c1-14(2)20(23)22-16-9-11-17(12-10-16)27(24,25)21-13-19(26-4)18-8-6-5-7-15(18)3/h5-12,14,19,21H,13H2,1-4H3,(H,22,23). The van der Waals surface area contributed by atoms with Gasteiger partial charge < -0.3 is 10.1 Å². The largest absolute Gasteiger partial charge is 0.375 e. The lowest BCUT2D eigenvalue weighted by atomic mass is 10.0. The van der Waals surface area contributed by atoms with Gasteiger partial charge in [-0.05, 0) is 42.3 Å². The number of benzene rings is 2. The highest BCUT2D eigenvalue weighted by Gasteiger charge is 2.19. The molecule has 0 aliphatic rings. The first kappa shape index (κ1) is 21.1. The van der Waals surface area contributed by atoms with Crippen molar-refractivity contribution < 1.29 is 17.9 Å². The van der Waals surface area contributed by atoms with Crippen LogP contribution in [0.1, 0.15) is 31.1 Å². The molecule has 1 unspecified atom stereocenters. The predicted molar refractivity (Wildman–Crippen MR) is 106 cm³/mol. The lowest BCUT2D eigenvalue weighted by molar-refractivity contribution is -0.118. The van der Waals surface area contributed by atoms with E-state index < -0.39 is 10.0 Å². The van der Waals surface area contributed by atoms with Gasteiger partial charge in [-0.2, -0.15) is 0 Å². The fourth-order valence-corrected chi connectivity index (χ4v) is 3.57. The fourth-order valence-electron chi connectivity index (χ4n) is 2.54. The quantitative estimate of drug-likeness (QED) is 0.725. The van der Waals surface area contributed by atoms with Gasteiger partial charge in [-0.25, -0.2) is 13.1 Å². The number of sulfonamides is 1. The SMILES string of the molecule is COC(CNS(=O)(=O)c1ccc(NC(=O)C(C)C)cc1)c1ccccc1C. The highest BCUT2D eigenvalue weighted by molar-refractivity contribution is 7.89. The van der Waals surface area contributed by atoms with E-state index in [0.29, 0.717) is 5.69 Å². The van der Waals surface area contributed by atoms with Crippen molar-refractivity contribution >= 4 is 21.6 Å². The topological polar surface area (TPSA) is 84.5 Å². The Morgan fingerprint density at radius 3 is 2.26 bits per heavy atom. The van der Waals surface area contributed by atoms with Crippen molar-refractivity contribution in [2.75, 3.05) is 19.0 Å². The van der Waals surface area contributed by atoms with Crippen molar-refractivity contribution in [2.45, 2.75) is 31.8 Å². The Morgan fingerprint density at radius 1 is 1.07 bits per heavy atom. The molecule has 0 aliphatic heterocycles. The number of nitrogens with one attached hydrogen (secondary N) is 2. The van der Waals surface area contributed by atoms with Crippen molar-refractivity contribution in [1.82, 2.24) is 4.72 Å². The molecule has 27 heavy (non-hydrogen) atoms. The van der Waals surface area contributed by atoms with E-state index in [9.17, 15) is 13.2 Å². The van der Waals surface area contributed by atoms with Crippen LogP contribution in [0.2, 0.25) is 0 Å². The Bertz CT molecular complexity index is 877. The van der Waals surface area contributed by atoms with Gasteiger partial charge >= 0.3 is 0 Å². The highest BCUT2D eigenvalue weighted by Crippen LogP contribution is 2.21. The van der Waals surface area contributed by atoms with E-state index in [1.165, 1.54) is 12.1 Å². The smallest absolute Gasteiger partial charge is 0.240 e. The number of amides is 1. The van der Waals surface area contributed by atoms with Crippen LogP contribution in [0.25, 0.3) is 0 Å². The van der Waals surface area contributed by atoms with Gasteiger partial charge in [-0.15, -0.1) is 0 Å². The van der Waals surface area contributed by atoms with Gasteiger partial charge in [0.05, 0.1) is 11.0 Å². The summed E-state index contributed by atoms with van der Waals surface area (Å²) in [6.45, 7) is 5.66. The number of anilines is 1. The van der Waals surface area contributed by atoms with Crippen molar-refractivity contribution in [3.63, 3.8) is 0 Å². The van der Waals surface area contributed by atoms with Crippen LogP contribution in [0.3, 0.4) is 0 Å². The summed E-state index contributed by atoms with van der Waals surface area (Å²) in [5, 5.41) is 2.73. The summed E-state index contributed by atoms with van der Waals surface area (Å²) in [4.78, 5) is 11.8. The molecule has 2 rings (SSSR count). The number of hydrogen-bond donors (Lipinski definition) is 2. The second-order valence-electron chi connectivity index (χ2n) is 6.60. The van der Waals surface area contributed by atoms with Gasteiger partial charge in [0.2, 0.25) is 15.9 Å². The lowest BCUT2D eigenvalue weighted by Crippen LogP contribution is -2.29.